The lowest BCUT2D eigenvalue weighted by molar-refractivity contribution is -0.120. The summed E-state index contributed by atoms with van der Waals surface area (Å²) in [6.45, 7) is 6.08. The number of halogens is 1. The molecule has 1 heterocycles. The molecular weight excluding hydrogens is 443 g/mol. The molecule has 1 aromatic heterocycles. The lowest BCUT2D eigenvalue weighted by Crippen LogP contribution is -2.46. The number of aliphatic imine (C=N–C) groups is 1. The van der Waals surface area contributed by atoms with Crippen molar-refractivity contribution in [3.8, 4) is 0 Å². The fourth-order valence-corrected chi connectivity index (χ4v) is 3.76. The molecular formula is C19H33IN4O2. The van der Waals surface area contributed by atoms with Crippen LogP contribution in [0.4, 0.5) is 0 Å². The number of hydrogen-bond donors (Lipinski definition) is 3. The van der Waals surface area contributed by atoms with Crippen LogP contribution in [0.2, 0.25) is 0 Å². The van der Waals surface area contributed by atoms with Crippen molar-refractivity contribution < 1.29 is 9.21 Å². The highest BCUT2D eigenvalue weighted by Crippen LogP contribution is 2.42. The molecule has 0 aromatic carbocycles. The average Bonchev–Trinajstić information content (AvgIpc) is 3.25. The molecule has 1 fully saturated rings. The number of rotatable bonds is 8. The highest BCUT2D eigenvalue weighted by atomic mass is 127. The summed E-state index contributed by atoms with van der Waals surface area (Å²) in [7, 11) is 1.74. The van der Waals surface area contributed by atoms with Gasteiger partial charge in [-0.3, -0.25) is 9.79 Å². The minimum Gasteiger partial charge on any atom is -0.467 e. The molecule has 0 aliphatic heterocycles. The minimum atomic E-state index is -0.0860. The number of nitrogens with zero attached hydrogens (tertiary/aromatic N) is 1. The van der Waals surface area contributed by atoms with Gasteiger partial charge in [0, 0.05) is 13.6 Å². The maximum atomic E-state index is 11.9. The Bertz CT molecular complexity index is 552. The molecule has 1 saturated carbocycles. The van der Waals surface area contributed by atoms with Crippen molar-refractivity contribution in [3.05, 3.63) is 24.2 Å². The second-order valence-electron chi connectivity index (χ2n) is 7.44. The molecule has 1 aliphatic carbocycles. The molecule has 2 rings (SSSR count). The van der Waals surface area contributed by atoms with E-state index in [0.29, 0.717) is 23.8 Å². The monoisotopic (exact) mass is 476 g/mol. The number of amides is 1. The lowest BCUT2D eigenvalue weighted by atomic mass is 9.78. The third kappa shape index (κ3) is 7.55. The van der Waals surface area contributed by atoms with E-state index in [1.165, 1.54) is 32.1 Å². The molecule has 0 radical (unpaired) electrons. The fraction of sp³-hybridized carbons (Fsp3) is 0.684. The molecule has 0 atom stereocenters. The first-order valence-corrected chi connectivity index (χ1v) is 9.27. The first-order valence-electron chi connectivity index (χ1n) is 9.27. The van der Waals surface area contributed by atoms with Crippen LogP contribution in [0, 0.1) is 11.3 Å². The normalized spacial score (nSPS) is 16.2. The standard InChI is InChI=1S/C19H32N4O2.HI/c1-15(2)11-19(8-4-5-9-19)14-23-18(20-3)22-13-17(24)21-12-16-7-6-10-25-16;/h6-7,10,15H,4-5,8-9,11-14H2,1-3H3,(H,21,24)(H2,20,22,23);1H. The molecule has 3 N–H and O–H groups in total. The fourth-order valence-electron chi connectivity index (χ4n) is 3.76. The van der Waals surface area contributed by atoms with E-state index >= 15 is 0 Å². The first-order chi connectivity index (χ1) is 12.0. The molecule has 148 valence electrons. The van der Waals surface area contributed by atoms with Gasteiger partial charge in [-0.2, -0.15) is 0 Å². The number of carbonyl (C=O) groups is 1. The summed E-state index contributed by atoms with van der Waals surface area (Å²) in [5, 5.41) is 9.33. The molecule has 7 heteroatoms. The molecule has 1 aliphatic rings. The Morgan fingerprint density at radius 3 is 2.58 bits per heavy atom. The van der Waals surface area contributed by atoms with Crippen molar-refractivity contribution in [2.75, 3.05) is 20.1 Å². The van der Waals surface area contributed by atoms with Crippen molar-refractivity contribution in [3.63, 3.8) is 0 Å². The van der Waals surface area contributed by atoms with Crippen molar-refractivity contribution in [2.45, 2.75) is 52.5 Å². The Kier molecular flexibility index (Phi) is 10.0. The van der Waals surface area contributed by atoms with Gasteiger partial charge in [0.2, 0.25) is 5.91 Å². The van der Waals surface area contributed by atoms with E-state index in [1.807, 2.05) is 12.1 Å². The quantitative estimate of drug-likeness (QED) is 0.306. The van der Waals surface area contributed by atoms with Crippen LogP contribution < -0.4 is 16.0 Å². The Hall–Kier alpha value is -1.25. The maximum absolute atomic E-state index is 11.9. The van der Waals surface area contributed by atoms with Gasteiger partial charge in [-0.15, -0.1) is 24.0 Å². The van der Waals surface area contributed by atoms with Gasteiger partial charge in [0.1, 0.15) is 5.76 Å². The molecule has 26 heavy (non-hydrogen) atoms. The molecule has 0 spiro atoms. The topological polar surface area (TPSA) is 78.7 Å². The highest BCUT2D eigenvalue weighted by Gasteiger charge is 2.34. The molecule has 6 nitrogen and oxygen atoms in total. The Morgan fingerprint density at radius 1 is 1.27 bits per heavy atom. The van der Waals surface area contributed by atoms with Gasteiger partial charge >= 0.3 is 0 Å². The van der Waals surface area contributed by atoms with Crippen LogP contribution >= 0.6 is 24.0 Å². The summed E-state index contributed by atoms with van der Waals surface area (Å²) in [4.78, 5) is 16.2. The lowest BCUT2D eigenvalue weighted by Gasteiger charge is -2.31. The number of nitrogens with one attached hydrogen (secondary N) is 3. The van der Waals surface area contributed by atoms with Gasteiger partial charge in [-0.25, -0.2) is 0 Å². The van der Waals surface area contributed by atoms with Gasteiger partial charge < -0.3 is 20.4 Å². The number of furan rings is 1. The predicted molar refractivity (Wildman–Crippen MR) is 116 cm³/mol. The first kappa shape index (κ1) is 22.8. The summed E-state index contributed by atoms with van der Waals surface area (Å²) in [5.74, 6) is 2.04. The number of guanidine groups is 1. The van der Waals surface area contributed by atoms with Crippen LogP contribution in [0.1, 0.15) is 51.7 Å². The third-order valence-electron chi connectivity index (χ3n) is 4.82. The second kappa shape index (κ2) is 11.5. The zero-order chi connectivity index (χ0) is 18.1. The van der Waals surface area contributed by atoms with Crippen LogP contribution in [0.5, 0.6) is 0 Å². The summed E-state index contributed by atoms with van der Waals surface area (Å²) in [6.07, 6.45) is 8.02. The van der Waals surface area contributed by atoms with E-state index in [0.717, 1.165) is 12.3 Å². The van der Waals surface area contributed by atoms with Crippen LogP contribution in [-0.4, -0.2) is 32.0 Å². The van der Waals surface area contributed by atoms with E-state index in [4.69, 9.17) is 4.42 Å². The number of carbonyl (C=O) groups excluding carboxylic acids is 1. The zero-order valence-electron chi connectivity index (χ0n) is 16.1. The third-order valence-corrected chi connectivity index (χ3v) is 4.82. The van der Waals surface area contributed by atoms with Gasteiger partial charge in [-0.05, 0) is 42.7 Å². The Labute approximate surface area is 174 Å². The SMILES string of the molecule is CN=C(NCC(=O)NCc1ccco1)NCC1(CC(C)C)CCCC1.I. The van der Waals surface area contributed by atoms with Crippen molar-refractivity contribution in [2.24, 2.45) is 16.3 Å². The van der Waals surface area contributed by atoms with Crippen molar-refractivity contribution in [1.82, 2.24) is 16.0 Å². The maximum Gasteiger partial charge on any atom is 0.239 e. The van der Waals surface area contributed by atoms with Gasteiger partial charge in [0.15, 0.2) is 5.96 Å². The van der Waals surface area contributed by atoms with E-state index in [1.54, 1.807) is 13.3 Å². The van der Waals surface area contributed by atoms with E-state index in [2.05, 4.69) is 34.8 Å². The summed E-state index contributed by atoms with van der Waals surface area (Å²) in [6, 6.07) is 3.64. The largest absolute Gasteiger partial charge is 0.467 e. The van der Waals surface area contributed by atoms with Crippen LogP contribution in [-0.2, 0) is 11.3 Å². The van der Waals surface area contributed by atoms with E-state index in [9.17, 15) is 4.79 Å². The summed E-state index contributed by atoms with van der Waals surface area (Å²) < 4.78 is 5.20. The van der Waals surface area contributed by atoms with Crippen molar-refractivity contribution in [1.29, 1.82) is 0 Å². The van der Waals surface area contributed by atoms with Gasteiger partial charge in [0.25, 0.3) is 0 Å². The van der Waals surface area contributed by atoms with Crippen LogP contribution in [0.3, 0.4) is 0 Å². The second-order valence-corrected chi connectivity index (χ2v) is 7.44. The zero-order valence-corrected chi connectivity index (χ0v) is 18.5. The van der Waals surface area contributed by atoms with E-state index < -0.39 is 0 Å². The smallest absolute Gasteiger partial charge is 0.239 e. The Morgan fingerprint density at radius 2 is 2.00 bits per heavy atom. The molecule has 1 aromatic rings. The van der Waals surface area contributed by atoms with Crippen LogP contribution in [0.15, 0.2) is 27.8 Å². The predicted octanol–water partition coefficient (Wildman–Crippen LogP) is 3.29. The summed E-state index contributed by atoms with van der Waals surface area (Å²) in [5.41, 5.74) is 0.368. The van der Waals surface area contributed by atoms with Gasteiger partial charge in [0.05, 0.1) is 19.4 Å². The van der Waals surface area contributed by atoms with Crippen LogP contribution in [0.25, 0.3) is 0 Å². The van der Waals surface area contributed by atoms with Gasteiger partial charge in [-0.1, -0.05) is 26.7 Å². The molecule has 0 saturated heterocycles. The molecule has 0 bridgehead atoms. The highest BCUT2D eigenvalue weighted by molar-refractivity contribution is 14.0. The number of hydrogen-bond acceptors (Lipinski definition) is 3. The summed E-state index contributed by atoms with van der Waals surface area (Å²) >= 11 is 0. The molecule has 0 unspecified atom stereocenters. The molecule has 1 amide bonds. The van der Waals surface area contributed by atoms with Crippen molar-refractivity contribution >= 4 is 35.8 Å². The minimum absolute atomic E-state index is 0. The Balaban J connectivity index is 0.00000338. The average molecular weight is 476 g/mol. The van der Waals surface area contributed by atoms with E-state index in [-0.39, 0.29) is 36.4 Å².